The molecule has 0 saturated heterocycles. The molecule has 0 N–H and O–H groups in total. The summed E-state index contributed by atoms with van der Waals surface area (Å²) in [4.78, 5) is 10.4. The van der Waals surface area contributed by atoms with Crippen LogP contribution >= 0.6 is 0 Å². The number of carbonyl (C=O) groups is 1. The van der Waals surface area contributed by atoms with Crippen LogP contribution in [0.15, 0.2) is 42.5 Å². The number of benzene rings is 2. The van der Waals surface area contributed by atoms with Gasteiger partial charge >= 0.3 is 0 Å². The van der Waals surface area contributed by atoms with Crippen LogP contribution in [0.3, 0.4) is 0 Å². The van der Waals surface area contributed by atoms with E-state index in [2.05, 4.69) is 32.0 Å². The van der Waals surface area contributed by atoms with Crippen LogP contribution in [0.2, 0.25) is 0 Å². The Kier molecular flexibility index (Phi) is 4.35. The van der Waals surface area contributed by atoms with Gasteiger partial charge < -0.3 is 9.53 Å². The van der Waals surface area contributed by atoms with Gasteiger partial charge in [0.1, 0.15) is 18.6 Å². The smallest absolute Gasteiger partial charge is 0.124 e. The molecule has 0 aliphatic carbocycles. The predicted octanol–water partition coefficient (Wildman–Crippen LogP) is 3.62. The Morgan fingerprint density at radius 1 is 1.00 bits per heavy atom. The zero-order valence-electron chi connectivity index (χ0n) is 11.3. The number of ether oxygens (including phenoxy) is 1. The molecule has 98 valence electrons. The molecule has 0 spiro atoms. The van der Waals surface area contributed by atoms with Crippen molar-refractivity contribution in [2.45, 2.75) is 26.9 Å². The Balaban J connectivity index is 2.04. The first-order valence-corrected chi connectivity index (χ1v) is 6.41. The van der Waals surface area contributed by atoms with Gasteiger partial charge in [0.05, 0.1) is 0 Å². The van der Waals surface area contributed by atoms with E-state index in [9.17, 15) is 4.79 Å². The van der Waals surface area contributed by atoms with Gasteiger partial charge in [0, 0.05) is 6.42 Å². The summed E-state index contributed by atoms with van der Waals surface area (Å²) in [5.74, 6) is 0.831. The molecular formula is C17H18O2. The molecule has 0 unspecified atom stereocenters. The first-order valence-electron chi connectivity index (χ1n) is 6.41. The fourth-order valence-corrected chi connectivity index (χ4v) is 2.05. The molecule has 0 radical (unpaired) electrons. The standard InChI is InChI=1S/C17H18O2/c1-13-4-3-5-14(2)17(13)12-19-16-8-6-15(7-9-16)10-11-18/h3-9,11H,10,12H2,1-2H3. The molecule has 0 fully saturated rings. The molecule has 2 aromatic carbocycles. The monoisotopic (exact) mass is 254 g/mol. The number of hydrogen-bond donors (Lipinski definition) is 0. The van der Waals surface area contributed by atoms with Gasteiger partial charge in [-0.3, -0.25) is 0 Å². The molecule has 2 heteroatoms. The average Bonchev–Trinajstić information content (AvgIpc) is 2.40. The summed E-state index contributed by atoms with van der Waals surface area (Å²) in [6.45, 7) is 4.77. The Morgan fingerprint density at radius 2 is 1.63 bits per heavy atom. The second-order valence-electron chi connectivity index (χ2n) is 4.67. The molecule has 0 aliphatic heterocycles. The van der Waals surface area contributed by atoms with Crippen LogP contribution < -0.4 is 4.74 Å². The van der Waals surface area contributed by atoms with Crippen molar-refractivity contribution in [1.29, 1.82) is 0 Å². The summed E-state index contributed by atoms with van der Waals surface area (Å²) in [5.41, 5.74) is 4.74. The van der Waals surface area contributed by atoms with E-state index in [1.165, 1.54) is 16.7 Å². The molecule has 2 aromatic rings. The van der Waals surface area contributed by atoms with E-state index in [0.29, 0.717) is 13.0 Å². The lowest BCUT2D eigenvalue weighted by atomic mass is 10.0. The quantitative estimate of drug-likeness (QED) is 0.762. The first-order chi connectivity index (χ1) is 9.20. The number of aldehydes is 1. The molecule has 2 rings (SSSR count). The van der Waals surface area contributed by atoms with E-state index >= 15 is 0 Å². The van der Waals surface area contributed by atoms with Gasteiger partial charge in [0.25, 0.3) is 0 Å². The molecule has 0 heterocycles. The number of rotatable bonds is 5. The van der Waals surface area contributed by atoms with Crippen LogP contribution in [0.1, 0.15) is 22.3 Å². The summed E-state index contributed by atoms with van der Waals surface area (Å²) in [5, 5.41) is 0. The highest BCUT2D eigenvalue weighted by molar-refractivity contribution is 5.55. The van der Waals surface area contributed by atoms with Gasteiger partial charge in [0.15, 0.2) is 0 Å². The van der Waals surface area contributed by atoms with Gasteiger partial charge in [-0.15, -0.1) is 0 Å². The third kappa shape index (κ3) is 3.44. The zero-order chi connectivity index (χ0) is 13.7. The Labute approximate surface area is 114 Å². The first kappa shape index (κ1) is 13.3. The van der Waals surface area contributed by atoms with Crippen LogP contribution in [0.25, 0.3) is 0 Å². The predicted molar refractivity (Wildman–Crippen MR) is 76.5 cm³/mol. The fourth-order valence-electron chi connectivity index (χ4n) is 2.05. The summed E-state index contributed by atoms with van der Waals surface area (Å²) in [6.07, 6.45) is 1.36. The van der Waals surface area contributed by atoms with Crippen LogP contribution in [0.4, 0.5) is 0 Å². The molecule has 0 bridgehead atoms. The van der Waals surface area contributed by atoms with Crippen molar-refractivity contribution >= 4 is 6.29 Å². The minimum absolute atomic E-state index is 0.456. The zero-order valence-corrected chi connectivity index (χ0v) is 11.3. The number of aryl methyl sites for hydroxylation is 2. The van der Waals surface area contributed by atoms with Crippen molar-refractivity contribution in [2.75, 3.05) is 0 Å². The molecule has 19 heavy (non-hydrogen) atoms. The normalized spacial score (nSPS) is 10.2. The van der Waals surface area contributed by atoms with Gasteiger partial charge in [0.2, 0.25) is 0 Å². The number of hydrogen-bond acceptors (Lipinski definition) is 2. The van der Waals surface area contributed by atoms with E-state index in [-0.39, 0.29) is 0 Å². The van der Waals surface area contributed by atoms with Crippen LogP contribution in [0, 0.1) is 13.8 Å². The maximum atomic E-state index is 10.4. The van der Waals surface area contributed by atoms with E-state index in [0.717, 1.165) is 17.6 Å². The molecular weight excluding hydrogens is 236 g/mol. The highest BCUT2D eigenvalue weighted by Gasteiger charge is 2.03. The largest absolute Gasteiger partial charge is 0.489 e. The third-order valence-electron chi connectivity index (χ3n) is 3.27. The molecule has 2 nitrogen and oxygen atoms in total. The molecule has 0 amide bonds. The lowest BCUT2D eigenvalue weighted by Crippen LogP contribution is -2.00. The maximum absolute atomic E-state index is 10.4. The fraction of sp³-hybridized carbons (Fsp3) is 0.235. The lowest BCUT2D eigenvalue weighted by molar-refractivity contribution is -0.107. The minimum atomic E-state index is 0.456. The van der Waals surface area contributed by atoms with Crippen molar-refractivity contribution in [3.05, 3.63) is 64.7 Å². The third-order valence-corrected chi connectivity index (χ3v) is 3.27. The Morgan fingerprint density at radius 3 is 2.21 bits per heavy atom. The van der Waals surface area contributed by atoms with Crippen molar-refractivity contribution in [2.24, 2.45) is 0 Å². The van der Waals surface area contributed by atoms with Gasteiger partial charge in [-0.05, 0) is 48.2 Å². The summed E-state index contributed by atoms with van der Waals surface area (Å²) in [6, 6.07) is 13.9. The summed E-state index contributed by atoms with van der Waals surface area (Å²) < 4.78 is 5.80. The van der Waals surface area contributed by atoms with E-state index in [4.69, 9.17) is 4.74 Å². The van der Waals surface area contributed by atoms with E-state index in [1.807, 2.05) is 24.3 Å². The minimum Gasteiger partial charge on any atom is -0.489 e. The molecule has 0 saturated carbocycles. The summed E-state index contributed by atoms with van der Waals surface area (Å²) >= 11 is 0. The van der Waals surface area contributed by atoms with Gasteiger partial charge in [-0.25, -0.2) is 0 Å². The van der Waals surface area contributed by atoms with Crippen molar-refractivity contribution < 1.29 is 9.53 Å². The number of carbonyl (C=O) groups excluding carboxylic acids is 1. The maximum Gasteiger partial charge on any atom is 0.124 e. The Hall–Kier alpha value is -2.09. The average molecular weight is 254 g/mol. The van der Waals surface area contributed by atoms with Crippen molar-refractivity contribution in [3.8, 4) is 5.75 Å². The van der Waals surface area contributed by atoms with Crippen LogP contribution in [0.5, 0.6) is 5.75 Å². The molecule has 0 aliphatic rings. The van der Waals surface area contributed by atoms with Gasteiger partial charge in [-0.1, -0.05) is 30.3 Å². The lowest BCUT2D eigenvalue weighted by Gasteiger charge is -2.11. The van der Waals surface area contributed by atoms with Crippen molar-refractivity contribution in [3.63, 3.8) is 0 Å². The Bertz CT molecular complexity index is 536. The summed E-state index contributed by atoms with van der Waals surface area (Å²) in [7, 11) is 0. The highest BCUT2D eigenvalue weighted by atomic mass is 16.5. The molecule has 0 aromatic heterocycles. The van der Waals surface area contributed by atoms with Crippen LogP contribution in [-0.2, 0) is 17.8 Å². The SMILES string of the molecule is Cc1cccc(C)c1COc1ccc(CC=O)cc1. The topological polar surface area (TPSA) is 26.3 Å². The highest BCUT2D eigenvalue weighted by Crippen LogP contribution is 2.18. The van der Waals surface area contributed by atoms with Gasteiger partial charge in [-0.2, -0.15) is 0 Å². The molecule has 0 atom stereocenters. The van der Waals surface area contributed by atoms with E-state index < -0.39 is 0 Å². The van der Waals surface area contributed by atoms with Crippen molar-refractivity contribution in [1.82, 2.24) is 0 Å². The van der Waals surface area contributed by atoms with Crippen LogP contribution in [-0.4, -0.2) is 6.29 Å². The second-order valence-corrected chi connectivity index (χ2v) is 4.67. The van der Waals surface area contributed by atoms with E-state index in [1.54, 1.807) is 0 Å². The second kappa shape index (κ2) is 6.19.